The molecule has 0 heterocycles. The van der Waals surface area contributed by atoms with Gasteiger partial charge in [0.25, 0.3) is 0 Å². The Labute approximate surface area is 130 Å². The molecular weight excluding hydrogens is 283 g/mol. The Kier molecular flexibility index (Phi) is 4.84. The second kappa shape index (κ2) is 6.46. The molecule has 1 fully saturated rings. The first-order valence-electron chi connectivity index (χ1n) is 7.74. The zero-order valence-corrected chi connectivity index (χ0v) is 13.4. The SMILES string of the molecule is CCN(CC)C(=O)CN(C)C(=O)C1(c2ccc(F)cc2)CC1. The summed E-state index contributed by atoms with van der Waals surface area (Å²) in [6.07, 6.45) is 1.50. The number of hydrogen-bond acceptors (Lipinski definition) is 2. The molecule has 5 heteroatoms. The Morgan fingerprint density at radius 3 is 2.14 bits per heavy atom. The molecule has 2 rings (SSSR count). The quantitative estimate of drug-likeness (QED) is 0.808. The van der Waals surface area contributed by atoms with Crippen LogP contribution in [-0.4, -0.2) is 48.3 Å². The first kappa shape index (κ1) is 16.5. The smallest absolute Gasteiger partial charge is 0.242 e. The van der Waals surface area contributed by atoms with Gasteiger partial charge in [0.15, 0.2) is 0 Å². The van der Waals surface area contributed by atoms with E-state index >= 15 is 0 Å². The summed E-state index contributed by atoms with van der Waals surface area (Å²) in [6, 6.07) is 6.09. The van der Waals surface area contributed by atoms with Gasteiger partial charge in [-0.2, -0.15) is 0 Å². The third kappa shape index (κ3) is 3.13. The van der Waals surface area contributed by atoms with Crippen molar-refractivity contribution in [1.29, 1.82) is 0 Å². The molecule has 1 saturated carbocycles. The summed E-state index contributed by atoms with van der Waals surface area (Å²) >= 11 is 0. The Balaban J connectivity index is 2.07. The molecule has 0 atom stereocenters. The van der Waals surface area contributed by atoms with E-state index in [0.29, 0.717) is 13.1 Å². The maximum atomic E-state index is 13.0. The molecule has 0 unspecified atom stereocenters. The zero-order valence-electron chi connectivity index (χ0n) is 13.4. The van der Waals surface area contributed by atoms with Crippen LogP contribution in [0.3, 0.4) is 0 Å². The van der Waals surface area contributed by atoms with Gasteiger partial charge in [0, 0.05) is 20.1 Å². The van der Waals surface area contributed by atoms with Crippen LogP contribution in [0.25, 0.3) is 0 Å². The Morgan fingerprint density at radius 1 is 1.14 bits per heavy atom. The fourth-order valence-electron chi connectivity index (χ4n) is 2.84. The molecule has 1 aromatic carbocycles. The zero-order chi connectivity index (χ0) is 16.3. The maximum Gasteiger partial charge on any atom is 0.242 e. The van der Waals surface area contributed by atoms with Gasteiger partial charge in [-0.05, 0) is 44.4 Å². The second-order valence-corrected chi connectivity index (χ2v) is 5.82. The lowest BCUT2D eigenvalue weighted by Gasteiger charge is -2.26. The highest BCUT2D eigenvalue weighted by Gasteiger charge is 2.52. The van der Waals surface area contributed by atoms with E-state index in [9.17, 15) is 14.0 Å². The van der Waals surface area contributed by atoms with Crippen molar-refractivity contribution in [2.75, 3.05) is 26.7 Å². The molecular formula is C17H23FN2O2. The number of halogens is 1. The summed E-state index contributed by atoms with van der Waals surface area (Å²) in [6.45, 7) is 5.21. The van der Waals surface area contributed by atoms with Gasteiger partial charge < -0.3 is 9.80 Å². The van der Waals surface area contributed by atoms with Crippen molar-refractivity contribution >= 4 is 11.8 Å². The Hall–Kier alpha value is -1.91. The minimum absolute atomic E-state index is 0.0456. The number of likely N-dealkylation sites (N-methyl/N-ethyl adjacent to an activating group) is 2. The van der Waals surface area contributed by atoms with Gasteiger partial charge in [0.2, 0.25) is 11.8 Å². The van der Waals surface area contributed by atoms with Crippen molar-refractivity contribution in [2.24, 2.45) is 0 Å². The summed E-state index contributed by atoms with van der Waals surface area (Å²) in [4.78, 5) is 28.0. The van der Waals surface area contributed by atoms with Crippen molar-refractivity contribution < 1.29 is 14.0 Å². The highest BCUT2D eigenvalue weighted by molar-refractivity contribution is 5.93. The van der Waals surface area contributed by atoms with E-state index in [1.807, 2.05) is 13.8 Å². The number of amides is 2. The van der Waals surface area contributed by atoms with Crippen LogP contribution in [0, 0.1) is 5.82 Å². The molecule has 0 N–H and O–H groups in total. The largest absolute Gasteiger partial charge is 0.342 e. The molecule has 120 valence electrons. The maximum absolute atomic E-state index is 13.0. The summed E-state index contributed by atoms with van der Waals surface area (Å²) < 4.78 is 13.0. The number of benzene rings is 1. The summed E-state index contributed by atoms with van der Waals surface area (Å²) in [5, 5.41) is 0. The predicted octanol–water partition coefficient (Wildman–Crippen LogP) is 2.18. The molecule has 1 aliphatic carbocycles. The number of nitrogens with zero attached hydrogens (tertiary/aromatic N) is 2. The van der Waals surface area contributed by atoms with E-state index < -0.39 is 5.41 Å². The highest BCUT2D eigenvalue weighted by Crippen LogP contribution is 2.49. The van der Waals surface area contributed by atoms with Crippen LogP contribution in [0.2, 0.25) is 0 Å². The third-order valence-electron chi connectivity index (χ3n) is 4.39. The normalized spacial score (nSPS) is 15.3. The van der Waals surface area contributed by atoms with Gasteiger partial charge >= 0.3 is 0 Å². The first-order chi connectivity index (χ1) is 10.4. The van der Waals surface area contributed by atoms with Crippen LogP contribution in [0.5, 0.6) is 0 Å². The van der Waals surface area contributed by atoms with Crippen LogP contribution < -0.4 is 0 Å². The van der Waals surface area contributed by atoms with Gasteiger partial charge in [0.1, 0.15) is 5.82 Å². The molecule has 0 saturated heterocycles. The van der Waals surface area contributed by atoms with Crippen molar-refractivity contribution in [3.63, 3.8) is 0 Å². The van der Waals surface area contributed by atoms with Gasteiger partial charge in [-0.3, -0.25) is 9.59 Å². The van der Waals surface area contributed by atoms with E-state index in [1.54, 1.807) is 24.1 Å². The molecule has 4 nitrogen and oxygen atoms in total. The van der Waals surface area contributed by atoms with Crippen molar-refractivity contribution in [1.82, 2.24) is 9.80 Å². The second-order valence-electron chi connectivity index (χ2n) is 5.82. The van der Waals surface area contributed by atoms with Crippen molar-refractivity contribution in [2.45, 2.75) is 32.1 Å². The lowest BCUT2D eigenvalue weighted by molar-refractivity contribution is -0.140. The van der Waals surface area contributed by atoms with Crippen molar-refractivity contribution in [3.8, 4) is 0 Å². The van der Waals surface area contributed by atoms with E-state index in [0.717, 1.165) is 18.4 Å². The van der Waals surface area contributed by atoms with Gasteiger partial charge in [-0.25, -0.2) is 4.39 Å². The van der Waals surface area contributed by atoms with Crippen LogP contribution in [0.1, 0.15) is 32.3 Å². The third-order valence-corrected chi connectivity index (χ3v) is 4.39. The first-order valence-corrected chi connectivity index (χ1v) is 7.74. The summed E-state index contributed by atoms with van der Waals surface area (Å²) in [7, 11) is 1.66. The average molecular weight is 306 g/mol. The van der Waals surface area contributed by atoms with Gasteiger partial charge in [0.05, 0.1) is 12.0 Å². The van der Waals surface area contributed by atoms with E-state index in [2.05, 4.69) is 0 Å². The average Bonchev–Trinajstić information content (AvgIpc) is 3.30. The minimum atomic E-state index is -0.564. The molecule has 0 radical (unpaired) electrons. The fourth-order valence-corrected chi connectivity index (χ4v) is 2.84. The molecule has 0 aliphatic heterocycles. The van der Waals surface area contributed by atoms with Crippen LogP contribution in [0.15, 0.2) is 24.3 Å². The molecule has 0 aromatic heterocycles. The molecule has 1 aromatic rings. The number of rotatable bonds is 6. The molecule has 0 spiro atoms. The molecule has 2 amide bonds. The lowest BCUT2D eigenvalue weighted by Crippen LogP contribution is -2.44. The number of carbonyl (C=O) groups excluding carboxylic acids is 2. The monoisotopic (exact) mass is 306 g/mol. The molecule has 22 heavy (non-hydrogen) atoms. The van der Waals surface area contributed by atoms with E-state index in [1.165, 1.54) is 17.0 Å². The van der Waals surface area contributed by atoms with Crippen LogP contribution >= 0.6 is 0 Å². The van der Waals surface area contributed by atoms with Crippen molar-refractivity contribution in [3.05, 3.63) is 35.6 Å². The molecule has 1 aliphatic rings. The van der Waals surface area contributed by atoms with Crippen LogP contribution in [-0.2, 0) is 15.0 Å². The lowest BCUT2D eigenvalue weighted by atomic mass is 9.94. The predicted molar refractivity (Wildman–Crippen MR) is 82.9 cm³/mol. The van der Waals surface area contributed by atoms with Crippen LogP contribution in [0.4, 0.5) is 4.39 Å². The minimum Gasteiger partial charge on any atom is -0.342 e. The Bertz CT molecular complexity index is 548. The van der Waals surface area contributed by atoms with Gasteiger partial charge in [-0.15, -0.1) is 0 Å². The summed E-state index contributed by atoms with van der Waals surface area (Å²) in [5.74, 6) is -0.410. The Morgan fingerprint density at radius 2 is 1.68 bits per heavy atom. The number of carbonyl (C=O) groups is 2. The standard InChI is InChI=1S/C17H23FN2O2/c1-4-20(5-2)15(21)12-19(3)16(22)17(10-11-17)13-6-8-14(18)9-7-13/h6-9H,4-5,10-12H2,1-3H3. The fraction of sp³-hybridized carbons (Fsp3) is 0.529. The highest BCUT2D eigenvalue weighted by atomic mass is 19.1. The van der Waals surface area contributed by atoms with Gasteiger partial charge in [-0.1, -0.05) is 12.1 Å². The summed E-state index contributed by atoms with van der Waals surface area (Å²) in [5.41, 5.74) is 0.271. The number of hydrogen-bond donors (Lipinski definition) is 0. The topological polar surface area (TPSA) is 40.6 Å². The molecule has 0 bridgehead atoms. The van der Waals surface area contributed by atoms with E-state index in [-0.39, 0.29) is 24.2 Å². The van der Waals surface area contributed by atoms with E-state index in [4.69, 9.17) is 0 Å².